The van der Waals surface area contributed by atoms with Crippen LogP contribution >= 0.6 is 15.9 Å². The lowest BCUT2D eigenvalue weighted by Crippen LogP contribution is -2.13. The smallest absolute Gasteiger partial charge is 0.390 e. The fourth-order valence-electron chi connectivity index (χ4n) is 1.75. The van der Waals surface area contributed by atoms with Gasteiger partial charge in [0, 0.05) is 26.6 Å². The number of carbonyl (C=O) groups excluding carboxylic acids is 1. The zero-order chi connectivity index (χ0) is 14.9. The average Bonchev–Trinajstić information content (AvgIpc) is 2.74. The van der Waals surface area contributed by atoms with Crippen molar-refractivity contribution in [2.45, 2.75) is 20.4 Å². The molecule has 1 heterocycles. The number of rotatable bonds is 4. The van der Waals surface area contributed by atoms with E-state index in [2.05, 4.69) is 26.0 Å². The third kappa shape index (κ3) is 2.90. The van der Waals surface area contributed by atoms with E-state index in [1.54, 1.807) is 6.07 Å². The first-order valence-electron chi connectivity index (χ1n) is 5.73. The number of benzene rings is 1. The Kier molecular flexibility index (Phi) is 3.93. The van der Waals surface area contributed by atoms with Gasteiger partial charge in [-0.05, 0) is 35.4 Å². The second-order valence-corrected chi connectivity index (χ2v) is 5.05. The third-order valence-electron chi connectivity index (χ3n) is 2.77. The fourth-order valence-corrected chi connectivity index (χ4v) is 2.11. The Morgan fingerprint density at radius 3 is 2.75 bits per heavy atom. The van der Waals surface area contributed by atoms with Gasteiger partial charge in [-0.15, -0.1) is 0 Å². The largest absolute Gasteiger partial charge is 0.492 e. The molecule has 0 aliphatic rings. The van der Waals surface area contributed by atoms with E-state index in [1.165, 1.54) is 4.68 Å². The van der Waals surface area contributed by atoms with Gasteiger partial charge in [-0.3, -0.25) is 4.79 Å². The third-order valence-corrected chi connectivity index (χ3v) is 3.35. The Bertz CT molecular complexity index is 696. The molecule has 2 rings (SSSR count). The van der Waals surface area contributed by atoms with E-state index >= 15 is 0 Å². The summed E-state index contributed by atoms with van der Waals surface area (Å²) in [5.74, 6) is -0.711. The maximum Gasteiger partial charge on any atom is 0.492 e. The van der Waals surface area contributed by atoms with Crippen molar-refractivity contribution in [2.75, 3.05) is 0 Å². The molecule has 8 heteroatoms. The van der Waals surface area contributed by atoms with Crippen molar-refractivity contribution in [3.63, 3.8) is 0 Å². The molecule has 7 nitrogen and oxygen atoms in total. The Labute approximate surface area is 122 Å². The number of aromatic nitrogens is 3. The number of carbonyl (C=O) groups is 1. The Balaban J connectivity index is 2.28. The summed E-state index contributed by atoms with van der Waals surface area (Å²) in [5.41, 5.74) is 2.41. The van der Waals surface area contributed by atoms with Crippen molar-refractivity contribution >= 4 is 27.7 Å². The fraction of sp³-hybridized carbons (Fsp3) is 0.250. The SMILES string of the molecule is Cc1ccc(C)c(C(=O)Cn2nc([N+](=O)[O-])nc2Br)c1. The average molecular weight is 339 g/mol. The predicted octanol–water partition coefficient (Wildman–Crippen LogP) is 2.45. The second-order valence-electron chi connectivity index (χ2n) is 4.34. The van der Waals surface area contributed by atoms with Crippen molar-refractivity contribution in [1.82, 2.24) is 14.8 Å². The minimum absolute atomic E-state index is 0.105. The predicted molar refractivity (Wildman–Crippen MR) is 74.6 cm³/mol. The zero-order valence-corrected chi connectivity index (χ0v) is 12.4. The van der Waals surface area contributed by atoms with E-state index < -0.39 is 10.9 Å². The van der Waals surface area contributed by atoms with Crippen LogP contribution in [0.4, 0.5) is 5.95 Å². The van der Waals surface area contributed by atoms with Crippen molar-refractivity contribution in [1.29, 1.82) is 0 Å². The molecule has 0 bridgehead atoms. The Morgan fingerprint density at radius 2 is 2.15 bits per heavy atom. The number of hydrogen-bond acceptors (Lipinski definition) is 5. The van der Waals surface area contributed by atoms with E-state index in [-0.39, 0.29) is 17.1 Å². The molecule has 0 saturated heterocycles. The van der Waals surface area contributed by atoms with Crippen LogP contribution in [0.25, 0.3) is 0 Å². The molecule has 0 radical (unpaired) electrons. The molecule has 20 heavy (non-hydrogen) atoms. The van der Waals surface area contributed by atoms with E-state index in [0.717, 1.165) is 11.1 Å². The van der Waals surface area contributed by atoms with Gasteiger partial charge in [-0.2, -0.15) is 4.68 Å². The van der Waals surface area contributed by atoms with Crippen molar-refractivity contribution in [3.05, 3.63) is 49.7 Å². The van der Waals surface area contributed by atoms with Gasteiger partial charge in [0.15, 0.2) is 5.78 Å². The van der Waals surface area contributed by atoms with E-state index in [1.807, 2.05) is 26.0 Å². The number of nitrogens with zero attached hydrogens (tertiary/aromatic N) is 4. The first-order chi connectivity index (χ1) is 9.38. The highest BCUT2D eigenvalue weighted by Gasteiger charge is 2.22. The monoisotopic (exact) mass is 338 g/mol. The molecular formula is C12H11BrN4O3. The normalized spacial score (nSPS) is 10.6. The van der Waals surface area contributed by atoms with Crippen LogP contribution in [0.1, 0.15) is 21.5 Å². The molecule has 0 fully saturated rings. The first kappa shape index (κ1) is 14.3. The molecule has 1 aromatic carbocycles. The summed E-state index contributed by atoms with van der Waals surface area (Å²) < 4.78 is 1.32. The molecule has 0 spiro atoms. The van der Waals surface area contributed by atoms with Crippen LogP contribution in [0, 0.1) is 24.0 Å². The number of Topliss-reactive ketones (excluding diaryl/α,β-unsaturated/α-hetero) is 1. The quantitative estimate of drug-likeness (QED) is 0.485. The molecular weight excluding hydrogens is 328 g/mol. The minimum Gasteiger partial charge on any atom is -0.390 e. The van der Waals surface area contributed by atoms with Crippen LogP contribution < -0.4 is 0 Å². The molecule has 0 amide bonds. The van der Waals surface area contributed by atoms with E-state index in [4.69, 9.17) is 0 Å². The highest BCUT2D eigenvalue weighted by atomic mass is 79.9. The van der Waals surface area contributed by atoms with Gasteiger partial charge < -0.3 is 10.1 Å². The summed E-state index contributed by atoms with van der Waals surface area (Å²) in [6, 6.07) is 5.57. The van der Waals surface area contributed by atoms with Crippen molar-refractivity contribution in [2.24, 2.45) is 0 Å². The van der Waals surface area contributed by atoms with Gasteiger partial charge in [0.05, 0.1) is 0 Å². The molecule has 2 aromatic rings. The first-order valence-corrected chi connectivity index (χ1v) is 6.53. The summed E-state index contributed by atoms with van der Waals surface area (Å²) >= 11 is 3.05. The summed E-state index contributed by atoms with van der Waals surface area (Å²) in [4.78, 5) is 25.7. The van der Waals surface area contributed by atoms with Crippen LogP contribution in [0.2, 0.25) is 0 Å². The van der Waals surface area contributed by atoms with Crippen LogP contribution in [0.15, 0.2) is 22.9 Å². The molecule has 0 aliphatic carbocycles. The van der Waals surface area contributed by atoms with Gasteiger partial charge in [-0.25, -0.2) is 0 Å². The van der Waals surface area contributed by atoms with Crippen LogP contribution in [-0.2, 0) is 6.54 Å². The Hall–Kier alpha value is -2.09. The molecule has 0 aliphatic heterocycles. The van der Waals surface area contributed by atoms with Gasteiger partial charge in [0.1, 0.15) is 6.54 Å². The maximum atomic E-state index is 12.2. The van der Waals surface area contributed by atoms with Crippen LogP contribution in [0.3, 0.4) is 0 Å². The maximum absolute atomic E-state index is 12.2. The van der Waals surface area contributed by atoms with Gasteiger partial charge in [0.25, 0.3) is 4.73 Å². The number of ketones is 1. The van der Waals surface area contributed by atoms with E-state index in [0.29, 0.717) is 5.56 Å². The highest BCUT2D eigenvalue weighted by Crippen LogP contribution is 2.16. The number of hydrogen-bond donors (Lipinski definition) is 0. The van der Waals surface area contributed by atoms with Gasteiger partial charge in [-0.1, -0.05) is 17.7 Å². The topological polar surface area (TPSA) is 90.9 Å². The van der Waals surface area contributed by atoms with Crippen LogP contribution in [0.5, 0.6) is 0 Å². The molecule has 0 atom stereocenters. The number of halogens is 1. The zero-order valence-electron chi connectivity index (χ0n) is 10.8. The standard InChI is InChI=1S/C12H11BrN4O3/c1-7-3-4-8(2)9(5-7)10(18)6-16-11(13)14-12(15-16)17(19)20/h3-5H,6H2,1-2H3. The lowest BCUT2D eigenvalue weighted by molar-refractivity contribution is -0.394. The van der Waals surface area contributed by atoms with Gasteiger partial charge in [0.2, 0.25) is 0 Å². The molecule has 0 unspecified atom stereocenters. The summed E-state index contributed by atoms with van der Waals surface area (Å²) in [6.07, 6.45) is 0. The Morgan fingerprint density at radius 1 is 1.45 bits per heavy atom. The van der Waals surface area contributed by atoms with Gasteiger partial charge >= 0.3 is 5.95 Å². The number of aryl methyl sites for hydroxylation is 2. The highest BCUT2D eigenvalue weighted by molar-refractivity contribution is 9.10. The summed E-state index contributed by atoms with van der Waals surface area (Å²) in [6.45, 7) is 3.63. The summed E-state index contributed by atoms with van der Waals surface area (Å²) in [7, 11) is 0. The van der Waals surface area contributed by atoms with Crippen molar-refractivity contribution in [3.8, 4) is 0 Å². The van der Waals surface area contributed by atoms with E-state index in [9.17, 15) is 14.9 Å². The number of nitro groups is 1. The summed E-state index contributed by atoms with van der Waals surface area (Å²) in [5, 5.41) is 14.2. The minimum atomic E-state index is -0.705. The second kappa shape index (κ2) is 5.49. The molecule has 104 valence electrons. The lowest BCUT2D eigenvalue weighted by atomic mass is 10.0. The molecule has 0 N–H and O–H groups in total. The molecule has 1 aromatic heterocycles. The molecule has 0 saturated carbocycles. The van der Waals surface area contributed by atoms with Crippen LogP contribution in [-0.4, -0.2) is 25.5 Å². The van der Waals surface area contributed by atoms with Crippen molar-refractivity contribution < 1.29 is 9.72 Å². The lowest BCUT2D eigenvalue weighted by Gasteiger charge is -2.05.